The van der Waals surface area contributed by atoms with E-state index in [0.717, 1.165) is 32.7 Å². The average molecular weight is 244 g/mol. The van der Waals surface area contributed by atoms with Gasteiger partial charge in [-0.25, -0.2) is 33.6 Å². The largest absolute Gasteiger partial charge is 0.247 e. The number of hydrogen-bond acceptors (Lipinski definition) is 6. The molecule has 0 saturated heterocycles. The monoisotopic (exact) mass is 244 g/mol. The van der Waals surface area contributed by atoms with Gasteiger partial charge in [0.25, 0.3) is 0 Å². The van der Waals surface area contributed by atoms with Gasteiger partial charge in [0, 0.05) is 0 Å². The molecule has 0 heterocycles. The minimum Gasteiger partial charge on any atom is -0.247 e. The van der Waals surface area contributed by atoms with Crippen molar-refractivity contribution in [2.75, 3.05) is 10.2 Å². The second-order valence-electron chi connectivity index (χ2n) is 3.91. The highest BCUT2D eigenvalue weighted by atomic mass is 15.6. The first-order valence-electron chi connectivity index (χ1n) is 5.37. The van der Waals surface area contributed by atoms with E-state index >= 15 is 0 Å². The van der Waals surface area contributed by atoms with Gasteiger partial charge in [0.2, 0.25) is 0 Å². The molecule has 0 atom stereocenters. The highest BCUT2D eigenvalue weighted by Crippen LogP contribution is 2.23. The molecule has 6 nitrogen and oxygen atoms in total. The summed E-state index contributed by atoms with van der Waals surface area (Å²) in [4.78, 5) is 0. The zero-order valence-electron chi connectivity index (χ0n) is 9.82. The first-order chi connectivity index (χ1) is 8.58. The summed E-state index contributed by atoms with van der Waals surface area (Å²) in [7, 11) is 0. The Labute approximate surface area is 105 Å². The standard InChI is InChI=1S/C12H16N6/c13-17(14)11-5-1-9(2-6-11)10-3-7-12(8-4-10)18(15)16/h1-8H,13-16H2. The van der Waals surface area contributed by atoms with E-state index in [0.29, 0.717) is 0 Å². The zero-order chi connectivity index (χ0) is 13.1. The lowest BCUT2D eigenvalue weighted by Crippen LogP contribution is -2.37. The number of hydrogen-bond donors (Lipinski definition) is 4. The quantitative estimate of drug-likeness (QED) is 0.461. The molecule has 0 aliphatic rings. The molecule has 8 N–H and O–H groups in total. The van der Waals surface area contributed by atoms with Crippen molar-refractivity contribution in [2.45, 2.75) is 0 Å². The summed E-state index contributed by atoms with van der Waals surface area (Å²) in [5.74, 6) is 21.7. The first-order valence-corrected chi connectivity index (χ1v) is 5.37. The maximum absolute atomic E-state index is 5.43. The van der Waals surface area contributed by atoms with E-state index in [4.69, 9.17) is 23.4 Å². The third-order valence-corrected chi connectivity index (χ3v) is 2.66. The van der Waals surface area contributed by atoms with E-state index in [1.54, 1.807) is 0 Å². The van der Waals surface area contributed by atoms with Crippen LogP contribution in [0.4, 0.5) is 11.4 Å². The van der Waals surface area contributed by atoms with Crippen molar-refractivity contribution >= 4 is 11.4 Å². The van der Waals surface area contributed by atoms with Crippen molar-refractivity contribution in [2.24, 2.45) is 23.4 Å². The summed E-state index contributed by atoms with van der Waals surface area (Å²) in [5, 5.41) is 2.15. The van der Waals surface area contributed by atoms with Gasteiger partial charge in [-0.3, -0.25) is 0 Å². The molecule has 6 heteroatoms. The van der Waals surface area contributed by atoms with Crippen molar-refractivity contribution in [1.82, 2.24) is 0 Å². The molecule has 0 unspecified atom stereocenters. The number of nitrogens with zero attached hydrogens (tertiary/aromatic N) is 2. The van der Waals surface area contributed by atoms with Crippen LogP contribution in [-0.4, -0.2) is 0 Å². The summed E-state index contributed by atoms with van der Waals surface area (Å²) in [6, 6.07) is 15.2. The third kappa shape index (κ3) is 2.58. The lowest BCUT2D eigenvalue weighted by molar-refractivity contribution is 0.924. The van der Waals surface area contributed by atoms with Crippen LogP contribution in [0.2, 0.25) is 0 Å². The van der Waals surface area contributed by atoms with Crippen LogP contribution in [0.3, 0.4) is 0 Å². The number of hydrazine groups is 4. The Hall–Kier alpha value is -2.12. The third-order valence-electron chi connectivity index (χ3n) is 2.66. The zero-order valence-corrected chi connectivity index (χ0v) is 9.82. The predicted octanol–water partition coefficient (Wildman–Crippen LogP) is 0.461. The van der Waals surface area contributed by atoms with E-state index in [1.807, 2.05) is 48.5 Å². The van der Waals surface area contributed by atoms with Crippen molar-refractivity contribution < 1.29 is 0 Å². The van der Waals surface area contributed by atoms with Gasteiger partial charge in [0.05, 0.1) is 11.4 Å². The molecule has 0 radical (unpaired) electrons. The molecule has 2 aromatic rings. The summed E-state index contributed by atoms with van der Waals surface area (Å²) >= 11 is 0. The molecule has 2 aromatic carbocycles. The molecule has 94 valence electrons. The van der Waals surface area contributed by atoms with Gasteiger partial charge in [-0.1, -0.05) is 24.3 Å². The summed E-state index contributed by atoms with van der Waals surface area (Å²) in [6.07, 6.45) is 0. The maximum atomic E-state index is 5.43. The number of rotatable bonds is 3. The summed E-state index contributed by atoms with van der Waals surface area (Å²) < 4.78 is 0. The van der Waals surface area contributed by atoms with Gasteiger partial charge in [0.15, 0.2) is 0 Å². The minimum absolute atomic E-state index is 0.741. The number of anilines is 2. The Bertz CT molecular complexity index is 454. The SMILES string of the molecule is NN(N)c1ccc(-c2ccc(N(N)N)cc2)cc1. The molecule has 0 fully saturated rings. The van der Waals surface area contributed by atoms with Crippen LogP contribution in [0.1, 0.15) is 0 Å². The summed E-state index contributed by atoms with van der Waals surface area (Å²) in [5.41, 5.74) is 3.61. The van der Waals surface area contributed by atoms with Crippen molar-refractivity contribution in [3.05, 3.63) is 48.5 Å². The van der Waals surface area contributed by atoms with Crippen molar-refractivity contribution in [3.8, 4) is 11.1 Å². The lowest BCUT2D eigenvalue weighted by atomic mass is 10.1. The molecule has 0 aliphatic carbocycles. The Balaban J connectivity index is 2.25. The fraction of sp³-hybridized carbons (Fsp3) is 0. The molecular weight excluding hydrogens is 228 g/mol. The van der Waals surface area contributed by atoms with Crippen LogP contribution in [-0.2, 0) is 0 Å². The second-order valence-corrected chi connectivity index (χ2v) is 3.91. The Morgan fingerprint density at radius 2 is 0.778 bits per heavy atom. The molecule has 0 aliphatic heterocycles. The molecule has 2 rings (SSSR count). The van der Waals surface area contributed by atoms with Crippen molar-refractivity contribution in [1.29, 1.82) is 0 Å². The van der Waals surface area contributed by atoms with E-state index in [2.05, 4.69) is 0 Å². The van der Waals surface area contributed by atoms with Crippen LogP contribution in [0.15, 0.2) is 48.5 Å². The van der Waals surface area contributed by atoms with Gasteiger partial charge in [-0.2, -0.15) is 0 Å². The van der Waals surface area contributed by atoms with Gasteiger partial charge in [0.1, 0.15) is 0 Å². The van der Waals surface area contributed by atoms with E-state index < -0.39 is 0 Å². The average Bonchev–Trinajstić information content (AvgIpc) is 2.39. The number of benzene rings is 2. The lowest BCUT2D eigenvalue weighted by Gasteiger charge is -2.13. The highest BCUT2D eigenvalue weighted by Gasteiger charge is 2.01. The molecule has 0 spiro atoms. The van der Waals surface area contributed by atoms with E-state index in [-0.39, 0.29) is 0 Å². The fourth-order valence-electron chi connectivity index (χ4n) is 1.65. The molecule has 0 amide bonds. The Morgan fingerprint density at radius 1 is 0.500 bits per heavy atom. The van der Waals surface area contributed by atoms with Crippen molar-refractivity contribution in [3.63, 3.8) is 0 Å². The van der Waals surface area contributed by atoms with Crippen LogP contribution in [0, 0.1) is 0 Å². The smallest absolute Gasteiger partial charge is 0.0697 e. The Kier molecular flexibility index (Phi) is 3.45. The van der Waals surface area contributed by atoms with Gasteiger partial charge < -0.3 is 0 Å². The van der Waals surface area contributed by atoms with Gasteiger partial charge in [-0.15, -0.1) is 0 Å². The highest BCUT2D eigenvalue weighted by molar-refractivity contribution is 5.68. The molecule has 0 aromatic heterocycles. The summed E-state index contributed by atoms with van der Waals surface area (Å²) in [6.45, 7) is 0. The normalized spacial score (nSPS) is 10.2. The predicted molar refractivity (Wildman–Crippen MR) is 73.6 cm³/mol. The van der Waals surface area contributed by atoms with Gasteiger partial charge >= 0.3 is 0 Å². The molecule has 18 heavy (non-hydrogen) atoms. The second kappa shape index (κ2) is 5.03. The fourth-order valence-corrected chi connectivity index (χ4v) is 1.65. The molecule has 0 bridgehead atoms. The van der Waals surface area contributed by atoms with Gasteiger partial charge in [-0.05, 0) is 35.4 Å². The minimum atomic E-state index is 0.741. The number of nitrogens with two attached hydrogens (primary N) is 4. The van der Waals surface area contributed by atoms with E-state index in [1.165, 1.54) is 0 Å². The van der Waals surface area contributed by atoms with E-state index in [9.17, 15) is 0 Å². The van der Waals surface area contributed by atoms with Crippen LogP contribution in [0.5, 0.6) is 0 Å². The van der Waals surface area contributed by atoms with Crippen LogP contribution >= 0.6 is 0 Å². The molecular formula is C12H16N6. The Morgan fingerprint density at radius 3 is 1.00 bits per heavy atom. The van der Waals surface area contributed by atoms with Crippen LogP contribution < -0.4 is 33.6 Å². The molecule has 0 saturated carbocycles. The van der Waals surface area contributed by atoms with Crippen LogP contribution in [0.25, 0.3) is 11.1 Å². The maximum Gasteiger partial charge on any atom is 0.0697 e. The first kappa shape index (κ1) is 12.3. The topological polar surface area (TPSA) is 111 Å².